The van der Waals surface area contributed by atoms with Crippen LogP contribution in [0.1, 0.15) is 29.9 Å². The van der Waals surface area contributed by atoms with E-state index in [1.54, 1.807) is 13.8 Å². The van der Waals surface area contributed by atoms with E-state index in [0.717, 1.165) is 16.8 Å². The molecule has 0 aliphatic carbocycles. The van der Waals surface area contributed by atoms with Gasteiger partial charge in [0.15, 0.2) is 11.5 Å². The van der Waals surface area contributed by atoms with E-state index >= 15 is 0 Å². The van der Waals surface area contributed by atoms with Gasteiger partial charge in [-0.3, -0.25) is 4.79 Å². The molecule has 1 N–H and O–H groups in total. The molecule has 24 heavy (non-hydrogen) atoms. The Bertz CT molecular complexity index is 719. The fourth-order valence-electron chi connectivity index (χ4n) is 2.01. The van der Waals surface area contributed by atoms with Crippen molar-refractivity contribution < 1.29 is 23.1 Å². The van der Waals surface area contributed by atoms with Gasteiger partial charge in [0.25, 0.3) is 5.91 Å². The van der Waals surface area contributed by atoms with Crippen LogP contribution in [0.5, 0.6) is 0 Å². The lowest BCUT2D eigenvalue weighted by Gasteiger charge is -2.24. The van der Waals surface area contributed by atoms with Crippen LogP contribution < -0.4 is 0 Å². The summed E-state index contributed by atoms with van der Waals surface area (Å²) in [6.07, 6.45) is -2.54. The molecule has 0 aromatic carbocycles. The van der Waals surface area contributed by atoms with Gasteiger partial charge in [0.2, 0.25) is 0 Å². The van der Waals surface area contributed by atoms with Gasteiger partial charge in [-0.05, 0) is 26.0 Å². The summed E-state index contributed by atoms with van der Waals surface area (Å²) in [7, 11) is 1.50. The normalized spacial score (nSPS) is 12.3. The zero-order valence-corrected chi connectivity index (χ0v) is 13.2. The van der Waals surface area contributed by atoms with Crippen LogP contribution in [0.3, 0.4) is 0 Å². The lowest BCUT2D eigenvalue weighted by atomic mass is 10.1. The third-order valence-electron chi connectivity index (χ3n) is 2.99. The van der Waals surface area contributed by atoms with E-state index in [0.29, 0.717) is 6.20 Å². The molecule has 0 atom stereocenters. The third kappa shape index (κ3) is 4.28. The quantitative estimate of drug-likeness (QED) is 0.910. The molecule has 0 radical (unpaired) electrons. The highest BCUT2D eigenvalue weighted by atomic mass is 19.4. The molecule has 2 heterocycles. The van der Waals surface area contributed by atoms with Crippen LogP contribution in [0.4, 0.5) is 13.2 Å². The standard InChI is InChI=1S/C14H16F3N5O2/c1-13(2,24)8-21(3)12(23)10-7-22(20-19-10)11-5-4-9(6-18-11)14(15,16)17/h4-7,24H,8H2,1-3H3. The molecule has 0 fully saturated rings. The first kappa shape index (κ1) is 17.9. The molecule has 0 saturated carbocycles. The van der Waals surface area contributed by atoms with Crippen molar-refractivity contribution in [2.75, 3.05) is 13.6 Å². The second-order valence-corrected chi connectivity index (χ2v) is 5.92. The van der Waals surface area contributed by atoms with E-state index in [1.165, 1.54) is 18.1 Å². The predicted molar refractivity (Wildman–Crippen MR) is 77.4 cm³/mol. The molecule has 2 aromatic heterocycles. The number of likely N-dealkylation sites (N-methyl/N-ethyl adjacent to an activating group) is 1. The minimum Gasteiger partial charge on any atom is -0.389 e. The van der Waals surface area contributed by atoms with E-state index in [2.05, 4.69) is 15.3 Å². The molecular formula is C14H16F3N5O2. The van der Waals surface area contributed by atoms with Crippen molar-refractivity contribution in [3.8, 4) is 5.82 Å². The van der Waals surface area contributed by atoms with Crippen LogP contribution in [0.2, 0.25) is 0 Å². The average Bonchev–Trinajstić information content (AvgIpc) is 2.93. The minimum absolute atomic E-state index is 0.0107. The number of rotatable bonds is 4. The van der Waals surface area contributed by atoms with Crippen LogP contribution in [-0.2, 0) is 6.18 Å². The van der Waals surface area contributed by atoms with Gasteiger partial charge in [-0.25, -0.2) is 9.67 Å². The number of aromatic nitrogens is 4. The number of nitrogens with zero attached hydrogens (tertiary/aromatic N) is 5. The molecule has 2 aromatic rings. The number of halogens is 3. The van der Waals surface area contributed by atoms with Crippen molar-refractivity contribution in [1.82, 2.24) is 24.9 Å². The van der Waals surface area contributed by atoms with E-state index in [4.69, 9.17) is 0 Å². The zero-order chi connectivity index (χ0) is 18.1. The Morgan fingerprint density at radius 1 is 1.33 bits per heavy atom. The van der Waals surface area contributed by atoms with E-state index in [-0.39, 0.29) is 18.1 Å². The highest BCUT2D eigenvalue weighted by molar-refractivity contribution is 5.91. The summed E-state index contributed by atoms with van der Waals surface area (Å²) < 4.78 is 38.6. The smallest absolute Gasteiger partial charge is 0.389 e. The Morgan fingerprint density at radius 3 is 2.50 bits per heavy atom. The summed E-state index contributed by atoms with van der Waals surface area (Å²) in [6.45, 7) is 3.19. The van der Waals surface area contributed by atoms with Crippen molar-refractivity contribution in [3.63, 3.8) is 0 Å². The van der Waals surface area contributed by atoms with Crippen LogP contribution in [0, 0.1) is 0 Å². The van der Waals surface area contributed by atoms with Crippen molar-refractivity contribution >= 4 is 5.91 Å². The number of carbonyl (C=O) groups is 1. The van der Waals surface area contributed by atoms with Crippen molar-refractivity contribution in [2.24, 2.45) is 0 Å². The van der Waals surface area contributed by atoms with Crippen molar-refractivity contribution in [2.45, 2.75) is 25.6 Å². The van der Waals surface area contributed by atoms with Crippen molar-refractivity contribution in [3.05, 3.63) is 35.8 Å². The maximum absolute atomic E-state index is 12.5. The van der Waals surface area contributed by atoms with Gasteiger partial charge in [0, 0.05) is 19.8 Å². The average molecular weight is 343 g/mol. The molecule has 1 amide bonds. The van der Waals surface area contributed by atoms with Gasteiger partial charge >= 0.3 is 6.18 Å². The van der Waals surface area contributed by atoms with Gasteiger partial charge in [-0.1, -0.05) is 5.21 Å². The molecule has 0 spiro atoms. The summed E-state index contributed by atoms with van der Waals surface area (Å²) in [5.41, 5.74) is -1.97. The summed E-state index contributed by atoms with van der Waals surface area (Å²) in [5.74, 6) is -0.380. The van der Waals surface area contributed by atoms with Crippen LogP contribution in [0.25, 0.3) is 5.82 Å². The number of aliphatic hydroxyl groups is 1. The van der Waals surface area contributed by atoms with Gasteiger partial charge in [0.05, 0.1) is 17.4 Å². The Kier molecular flexibility index (Phi) is 4.61. The number of pyridine rings is 1. The molecular weight excluding hydrogens is 327 g/mol. The van der Waals surface area contributed by atoms with Crippen LogP contribution in [0.15, 0.2) is 24.5 Å². The van der Waals surface area contributed by atoms with Gasteiger partial charge in [-0.15, -0.1) is 5.10 Å². The molecule has 0 aliphatic heterocycles. The summed E-state index contributed by atoms with van der Waals surface area (Å²) in [4.78, 5) is 17.1. The number of carbonyl (C=O) groups excluding carboxylic acids is 1. The Labute approximate surface area is 135 Å². The fraction of sp³-hybridized carbons (Fsp3) is 0.429. The molecule has 0 unspecified atom stereocenters. The summed E-state index contributed by atoms with van der Waals surface area (Å²) in [6, 6.07) is 2.00. The molecule has 0 bridgehead atoms. The van der Waals surface area contributed by atoms with E-state index < -0.39 is 23.2 Å². The summed E-state index contributed by atoms with van der Waals surface area (Å²) >= 11 is 0. The van der Waals surface area contributed by atoms with Gasteiger partial charge in [0.1, 0.15) is 0 Å². The molecule has 0 saturated heterocycles. The molecule has 10 heteroatoms. The highest BCUT2D eigenvalue weighted by Crippen LogP contribution is 2.28. The van der Waals surface area contributed by atoms with Gasteiger partial charge in [-0.2, -0.15) is 13.2 Å². The Balaban J connectivity index is 2.17. The maximum atomic E-state index is 12.5. The first-order valence-corrected chi connectivity index (χ1v) is 6.91. The van der Waals surface area contributed by atoms with E-state index in [9.17, 15) is 23.1 Å². The predicted octanol–water partition coefficient (Wildman–Crippen LogP) is 1.52. The van der Waals surface area contributed by atoms with Crippen molar-refractivity contribution in [1.29, 1.82) is 0 Å². The topological polar surface area (TPSA) is 84.1 Å². The lowest BCUT2D eigenvalue weighted by Crippen LogP contribution is -2.39. The largest absolute Gasteiger partial charge is 0.417 e. The maximum Gasteiger partial charge on any atom is 0.417 e. The lowest BCUT2D eigenvalue weighted by molar-refractivity contribution is -0.137. The number of hydrogen-bond donors (Lipinski definition) is 1. The first-order valence-electron chi connectivity index (χ1n) is 6.91. The van der Waals surface area contributed by atoms with Crippen LogP contribution in [-0.4, -0.2) is 55.1 Å². The van der Waals surface area contributed by atoms with Crippen LogP contribution >= 0.6 is 0 Å². The number of alkyl halides is 3. The second-order valence-electron chi connectivity index (χ2n) is 5.92. The summed E-state index contributed by atoms with van der Waals surface area (Å²) in [5, 5.41) is 17.1. The second kappa shape index (κ2) is 6.19. The number of amides is 1. The SMILES string of the molecule is CN(CC(C)(C)O)C(=O)c1cn(-c2ccc(C(F)(F)F)cn2)nn1. The monoisotopic (exact) mass is 343 g/mol. The minimum atomic E-state index is -4.48. The molecule has 2 rings (SSSR count). The Morgan fingerprint density at radius 2 is 2.00 bits per heavy atom. The first-order chi connectivity index (χ1) is 11.0. The van der Waals surface area contributed by atoms with Gasteiger partial charge < -0.3 is 10.0 Å². The molecule has 0 aliphatic rings. The fourth-order valence-corrected chi connectivity index (χ4v) is 2.01. The molecule has 130 valence electrons. The zero-order valence-electron chi connectivity index (χ0n) is 13.2. The Hall–Kier alpha value is -2.49. The molecule has 7 nitrogen and oxygen atoms in total. The highest BCUT2D eigenvalue weighted by Gasteiger charge is 2.30. The third-order valence-corrected chi connectivity index (χ3v) is 2.99. The number of hydrogen-bond acceptors (Lipinski definition) is 5. The van der Waals surface area contributed by atoms with E-state index in [1.807, 2.05) is 0 Å².